The van der Waals surface area contributed by atoms with Crippen molar-refractivity contribution in [3.05, 3.63) is 23.8 Å². The van der Waals surface area contributed by atoms with E-state index in [1.54, 1.807) is 6.21 Å². The average molecular weight is 402 g/mol. The van der Waals surface area contributed by atoms with Gasteiger partial charge in [0.15, 0.2) is 16.6 Å². The van der Waals surface area contributed by atoms with Crippen LogP contribution < -0.4 is 20.2 Å². The SMILES string of the molecule is CCOc1ccc(C=NNC(=S)NC23CC4CC(CC(C4)C2)C3)cc1OCC. The molecule has 4 fully saturated rings. The molecule has 0 heterocycles. The minimum Gasteiger partial charge on any atom is -0.490 e. The molecule has 2 N–H and O–H groups in total. The van der Waals surface area contributed by atoms with Crippen molar-refractivity contribution in [3.63, 3.8) is 0 Å². The molecular formula is C22H31N3O2S. The van der Waals surface area contributed by atoms with E-state index in [1.165, 1.54) is 38.5 Å². The maximum absolute atomic E-state index is 5.67. The van der Waals surface area contributed by atoms with Crippen LogP contribution in [0.5, 0.6) is 11.5 Å². The number of ether oxygens (including phenoxy) is 2. The molecular weight excluding hydrogens is 370 g/mol. The molecule has 4 aliphatic carbocycles. The quantitative estimate of drug-likeness (QED) is 0.406. The summed E-state index contributed by atoms with van der Waals surface area (Å²) in [5, 5.41) is 8.61. The smallest absolute Gasteiger partial charge is 0.187 e. The third kappa shape index (κ3) is 4.27. The molecule has 0 saturated heterocycles. The Bertz CT molecular complexity index is 714. The molecule has 4 bridgehead atoms. The van der Waals surface area contributed by atoms with E-state index in [-0.39, 0.29) is 5.54 Å². The van der Waals surface area contributed by atoms with Crippen LogP contribution in [0.3, 0.4) is 0 Å². The van der Waals surface area contributed by atoms with Crippen LogP contribution in [0.1, 0.15) is 57.9 Å². The van der Waals surface area contributed by atoms with Gasteiger partial charge in [0.2, 0.25) is 0 Å². The fourth-order valence-electron chi connectivity index (χ4n) is 5.85. The van der Waals surface area contributed by atoms with Crippen molar-refractivity contribution < 1.29 is 9.47 Å². The summed E-state index contributed by atoms with van der Waals surface area (Å²) < 4.78 is 11.3. The molecule has 0 spiro atoms. The largest absolute Gasteiger partial charge is 0.490 e. The second-order valence-corrected chi connectivity index (χ2v) is 9.00. The van der Waals surface area contributed by atoms with Crippen molar-refractivity contribution in [1.29, 1.82) is 0 Å². The lowest BCUT2D eigenvalue weighted by atomic mass is 9.53. The highest BCUT2D eigenvalue weighted by molar-refractivity contribution is 7.80. The summed E-state index contributed by atoms with van der Waals surface area (Å²) in [4.78, 5) is 0. The highest BCUT2D eigenvalue weighted by Crippen LogP contribution is 2.55. The number of benzene rings is 1. The van der Waals surface area contributed by atoms with E-state index in [9.17, 15) is 0 Å². The van der Waals surface area contributed by atoms with E-state index in [0.717, 1.165) is 34.8 Å². The van der Waals surface area contributed by atoms with E-state index in [2.05, 4.69) is 15.8 Å². The number of nitrogens with zero attached hydrogens (tertiary/aromatic N) is 1. The van der Waals surface area contributed by atoms with Gasteiger partial charge in [-0.2, -0.15) is 5.10 Å². The lowest BCUT2D eigenvalue weighted by Crippen LogP contribution is -2.61. The molecule has 4 aliphatic rings. The molecule has 1 aromatic rings. The van der Waals surface area contributed by atoms with Crippen molar-refractivity contribution in [3.8, 4) is 11.5 Å². The summed E-state index contributed by atoms with van der Waals surface area (Å²) in [7, 11) is 0. The standard InChI is InChI=1S/C22H31N3O2S/c1-3-26-19-6-5-15(10-20(19)27-4-2)14-23-25-21(28)24-22-11-16-7-17(12-22)9-18(8-16)13-22/h5-6,10,14,16-18H,3-4,7-9,11-13H2,1-2H3,(H2,24,25,28). The molecule has 4 saturated carbocycles. The van der Waals surface area contributed by atoms with Crippen molar-refractivity contribution in [2.75, 3.05) is 13.2 Å². The van der Waals surface area contributed by atoms with Crippen LogP contribution in [0.15, 0.2) is 23.3 Å². The number of hydrogen-bond donors (Lipinski definition) is 2. The first-order chi connectivity index (χ1) is 13.6. The van der Waals surface area contributed by atoms with Crippen molar-refractivity contribution in [2.24, 2.45) is 22.9 Å². The van der Waals surface area contributed by atoms with Crippen LogP contribution >= 0.6 is 12.2 Å². The molecule has 6 heteroatoms. The minimum absolute atomic E-state index is 0.204. The van der Waals surface area contributed by atoms with Crippen molar-refractivity contribution >= 4 is 23.5 Å². The summed E-state index contributed by atoms with van der Waals surface area (Å²) in [5.41, 5.74) is 4.16. The van der Waals surface area contributed by atoms with Gasteiger partial charge in [0, 0.05) is 5.54 Å². The van der Waals surface area contributed by atoms with Crippen LogP contribution in [-0.4, -0.2) is 30.1 Å². The maximum Gasteiger partial charge on any atom is 0.187 e. The van der Waals surface area contributed by atoms with Crippen LogP contribution in [0.4, 0.5) is 0 Å². The zero-order valence-corrected chi connectivity index (χ0v) is 17.7. The zero-order chi connectivity index (χ0) is 19.6. The monoisotopic (exact) mass is 401 g/mol. The molecule has 1 aromatic carbocycles. The lowest BCUT2D eigenvalue weighted by molar-refractivity contribution is -0.0101. The van der Waals surface area contributed by atoms with Gasteiger partial charge in [0.1, 0.15) is 0 Å². The van der Waals surface area contributed by atoms with Gasteiger partial charge in [0.05, 0.1) is 19.4 Å². The summed E-state index contributed by atoms with van der Waals surface area (Å²) in [6.45, 7) is 5.14. The predicted molar refractivity (Wildman–Crippen MR) is 116 cm³/mol. The summed E-state index contributed by atoms with van der Waals surface area (Å²) in [5.74, 6) is 4.18. The molecule has 0 aliphatic heterocycles. The molecule has 152 valence electrons. The minimum atomic E-state index is 0.204. The Balaban J connectivity index is 1.34. The molecule has 0 unspecified atom stereocenters. The summed E-state index contributed by atoms with van der Waals surface area (Å²) in [6, 6.07) is 5.82. The van der Waals surface area contributed by atoms with E-state index >= 15 is 0 Å². The van der Waals surface area contributed by atoms with Crippen LogP contribution in [-0.2, 0) is 0 Å². The topological polar surface area (TPSA) is 54.9 Å². The highest BCUT2D eigenvalue weighted by atomic mass is 32.1. The van der Waals surface area contributed by atoms with Crippen LogP contribution in [0, 0.1) is 17.8 Å². The van der Waals surface area contributed by atoms with Gasteiger partial charge in [-0.25, -0.2) is 0 Å². The molecule has 0 aromatic heterocycles. The Kier molecular flexibility index (Phi) is 5.76. The number of nitrogens with one attached hydrogen (secondary N) is 2. The Morgan fingerprint density at radius 2 is 1.68 bits per heavy atom. The summed E-state index contributed by atoms with van der Waals surface area (Å²) >= 11 is 5.55. The number of hydrazone groups is 1. The third-order valence-electron chi connectivity index (χ3n) is 6.36. The maximum atomic E-state index is 5.67. The van der Waals surface area contributed by atoms with Gasteiger partial charge in [-0.1, -0.05) is 0 Å². The zero-order valence-electron chi connectivity index (χ0n) is 16.9. The van der Waals surface area contributed by atoms with Gasteiger partial charge in [-0.15, -0.1) is 0 Å². The van der Waals surface area contributed by atoms with Gasteiger partial charge in [0.25, 0.3) is 0 Å². The van der Waals surface area contributed by atoms with Crippen molar-refractivity contribution in [2.45, 2.75) is 57.9 Å². The van der Waals surface area contributed by atoms with E-state index < -0.39 is 0 Å². The van der Waals surface area contributed by atoms with Gasteiger partial charge in [-0.3, -0.25) is 5.43 Å². The molecule has 28 heavy (non-hydrogen) atoms. The first-order valence-corrected chi connectivity index (χ1v) is 11.0. The number of hydrogen-bond acceptors (Lipinski definition) is 4. The van der Waals surface area contributed by atoms with Crippen molar-refractivity contribution in [1.82, 2.24) is 10.7 Å². The van der Waals surface area contributed by atoms with Crippen LogP contribution in [0.2, 0.25) is 0 Å². The number of thiocarbonyl (C=S) groups is 1. The average Bonchev–Trinajstić information content (AvgIpc) is 2.62. The predicted octanol–water partition coefficient (Wildman–Crippen LogP) is 4.25. The normalized spacial score (nSPS) is 30.4. The molecule has 0 atom stereocenters. The first-order valence-electron chi connectivity index (χ1n) is 10.6. The Morgan fingerprint density at radius 3 is 2.29 bits per heavy atom. The fourth-order valence-corrected chi connectivity index (χ4v) is 6.12. The van der Waals surface area contributed by atoms with E-state index in [0.29, 0.717) is 18.3 Å². The second kappa shape index (κ2) is 8.27. The van der Waals surface area contributed by atoms with Gasteiger partial charge >= 0.3 is 0 Å². The molecule has 0 radical (unpaired) electrons. The second-order valence-electron chi connectivity index (χ2n) is 8.59. The molecule has 5 rings (SSSR count). The first kappa shape index (κ1) is 19.5. The Hall–Kier alpha value is -1.82. The molecule has 5 nitrogen and oxygen atoms in total. The Labute approximate surface area is 173 Å². The fraction of sp³-hybridized carbons (Fsp3) is 0.636. The van der Waals surface area contributed by atoms with Gasteiger partial charge in [-0.05, 0) is 106 Å². The highest BCUT2D eigenvalue weighted by Gasteiger charge is 2.51. The Morgan fingerprint density at radius 1 is 1.07 bits per heavy atom. The third-order valence-corrected chi connectivity index (χ3v) is 6.56. The van der Waals surface area contributed by atoms with Gasteiger partial charge < -0.3 is 14.8 Å². The van der Waals surface area contributed by atoms with E-state index in [1.807, 2.05) is 32.0 Å². The van der Waals surface area contributed by atoms with E-state index in [4.69, 9.17) is 21.7 Å². The number of rotatable bonds is 7. The summed E-state index contributed by atoms with van der Waals surface area (Å²) in [6.07, 6.45) is 9.85. The molecule has 0 amide bonds. The lowest BCUT2D eigenvalue weighted by Gasteiger charge is -2.57. The van der Waals surface area contributed by atoms with Crippen LogP contribution in [0.25, 0.3) is 0 Å².